The number of thioether (sulfide) groups is 1. The van der Waals surface area contributed by atoms with Crippen LogP contribution in [-0.2, 0) is 10.5 Å². The molecule has 1 aromatic carbocycles. The third-order valence-corrected chi connectivity index (χ3v) is 7.54. The van der Waals surface area contributed by atoms with E-state index in [0.29, 0.717) is 51.7 Å². The summed E-state index contributed by atoms with van der Waals surface area (Å²) < 4.78 is 24.7. The first-order chi connectivity index (χ1) is 20.7. The summed E-state index contributed by atoms with van der Waals surface area (Å²) in [6.07, 6.45) is 2.90. The van der Waals surface area contributed by atoms with E-state index in [0.717, 1.165) is 26.1 Å². The molecular weight excluding hydrogens is 597 g/mol. The standard InChI is InChI=1S/C29H33ClFN7O4S/c1-4-11-38(13-10-32-3)12-8-27(39)35-26-15-20(7-9-33-26)34-24-16-23(21-14-19(30)5-6-22(21)31)36-37-28(24)43-17-25-18(2)41-29(40)42-25/h5-7,9,14-16,32H,4,8,10-13,17H2,1-3H3,(H2,33,34,35,36,39). The number of hydrogen-bond acceptors (Lipinski definition) is 11. The second-order valence-corrected chi connectivity index (χ2v) is 11.0. The van der Waals surface area contributed by atoms with E-state index in [1.807, 2.05) is 7.05 Å². The zero-order valence-corrected chi connectivity index (χ0v) is 25.6. The summed E-state index contributed by atoms with van der Waals surface area (Å²) >= 11 is 7.36. The molecule has 14 heteroatoms. The van der Waals surface area contributed by atoms with E-state index in [2.05, 4.69) is 43.0 Å². The van der Waals surface area contributed by atoms with Crippen LogP contribution in [0.4, 0.5) is 21.6 Å². The number of rotatable bonds is 15. The molecule has 43 heavy (non-hydrogen) atoms. The molecule has 4 aromatic rings. The van der Waals surface area contributed by atoms with E-state index >= 15 is 0 Å². The van der Waals surface area contributed by atoms with Crippen molar-refractivity contribution in [3.63, 3.8) is 0 Å². The van der Waals surface area contributed by atoms with Crippen LogP contribution < -0.4 is 21.8 Å². The number of nitrogens with one attached hydrogen (secondary N) is 3. The van der Waals surface area contributed by atoms with E-state index < -0.39 is 11.6 Å². The van der Waals surface area contributed by atoms with Crippen molar-refractivity contribution in [1.29, 1.82) is 0 Å². The van der Waals surface area contributed by atoms with Crippen LogP contribution in [0.3, 0.4) is 0 Å². The Morgan fingerprint density at radius 3 is 2.70 bits per heavy atom. The number of amides is 1. The Labute approximate surface area is 257 Å². The minimum absolute atomic E-state index is 0.146. The average molecular weight is 630 g/mol. The summed E-state index contributed by atoms with van der Waals surface area (Å²) in [7, 11) is 1.91. The maximum Gasteiger partial charge on any atom is 0.519 e. The van der Waals surface area contributed by atoms with E-state index in [4.69, 9.17) is 20.4 Å². The van der Waals surface area contributed by atoms with Gasteiger partial charge in [0.1, 0.15) is 22.4 Å². The van der Waals surface area contributed by atoms with Crippen molar-refractivity contribution in [2.45, 2.75) is 37.5 Å². The molecule has 0 aliphatic rings. The number of pyridine rings is 1. The molecule has 0 spiro atoms. The molecule has 228 valence electrons. The van der Waals surface area contributed by atoms with Gasteiger partial charge in [0, 0.05) is 54.6 Å². The van der Waals surface area contributed by atoms with Crippen LogP contribution in [-0.4, -0.2) is 59.2 Å². The van der Waals surface area contributed by atoms with Crippen molar-refractivity contribution in [3.8, 4) is 11.3 Å². The number of halogens is 2. The van der Waals surface area contributed by atoms with E-state index in [-0.39, 0.29) is 22.9 Å². The highest BCUT2D eigenvalue weighted by Crippen LogP contribution is 2.34. The Kier molecular flexibility index (Phi) is 11.7. The number of carbonyl (C=O) groups is 1. The normalized spacial score (nSPS) is 11.2. The van der Waals surface area contributed by atoms with Gasteiger partial charge in [0.2, 0.25) is 5.91 Å². The SMILES string of the molecule is CCCN(CCNC)CCC(=O)Nc1cc(Nc2cc(-c3cc(Cl)ccc3F)nnc2SCc2oc(=O)oc2C)ccn1. The lowest BCUT2D eigenvalue weighted by atomic mass is 10.1. The molecule has 0 saturated heterocycles. The number of aromatic nitrogens is 3. The molecule has 0 fully saturated rings. The van der Waals surface area contributed by atoms with Crippen LogP contribution in [0.25, 0.3) is 11.3 Å². The van der Waals surface area contributed by atoms with Crippen LogP contribution in [0.5, 0.6) is 0 Å². The molecule has 3 N–H and O–H groups in total. The van der Waals surface area contributed by atoms with Crippen molar-refractivity contribution in [2.24, 2.45) is 0 Å². The lowest BCUT2D eigenvalue weighted by Gasteiger charge is -2.21. The Balaban J connectivity index is 1.53. The third-order valence-electron chi connectivity index (χ3n) is 6.32. The summed E-state index contributed by atoms with van der Waals surface area (Å²) in [4.78, 5) is 30.7. The molecule has 4 rings (SSSR count). The third kappa shape index (κ3) is 9.35. The molecule has 0 radical (unpaired) electrons. The Morgan fingerprint density at radius 2 is 1.95 bits per heavy atom. The lowest BCUT2D eigenvalue weighted by Crippen LogP contribution is -2.34. The minimum atomic E-state index is -0.785. The van der Waals surface area contributed by atoms with Crippen molar-refractivity contribution < 1.29 is 18.0 Å². The van der Waals surface area contributed by atoms with Gasteiger partial charge in [-0.05, 0) is 57.3 Å². The fourth-order valence-electron chi connectivity index (χ4n) is 4.16. The molecule has 1 amide bonds. The Morgan fingerprint density at radius 1 is 1.12 bits per heavy atom. The summed E-state index contributed by atoms with van der Waals surface area (Å²) in [6, 6.07) is 9.25. The first-order valence-corrected chi connectivity index (χ1v) is 15.1. The number of aryl methyl sites for hydroxylation is 1. The summed E-state index contributed by atoms with van der Waals surface area (Å²) in [5.74, 6) is -0.0811. The minimum Gasteiger partial charge on any atom is -0.396 e. The number of nitrogens with zero attached hydrogens (tertiary/aromatic N) is 4. The first kappa shape index (κ1) is 32.1. The molecular formula is C29H33ClFN7O4S. The predicted octanol–water partition coefficient (Wildman–Crippen LogP) is 5.48. The fraction of sp³-hybridized carbons (Fsp3) is 0.345. The maximum atomic E-state index is 14.7. The van der Waals surface area contributed by atoms with Crippen molar-refractivity contribution in [3.05, 3.63) is 75.6 Å². The van der Waals surface area contributed by atoms with Gasteiger partial charge in [0.25, 0.3) is 0 Å². The summed E-state index contributed by atoms with van der Waals surface area (Å²) in [5, 5.41) is 18.6. The van der Waals surface area contributed by atoms with Gasteiger partial charge in [-0.3, -0.25) is 4.79 Å². The second kappa shape index (κ2) is 15.6. The van der Waals surface area contributed by atoms with Crippen LogP contribution in [0, 0.1) is 12.7 Å². The first-order valence-electron chi connectivity index (χ1n) is 13.7. The second-order valence-electron chi connectivity index (χ2n) is 9.59. The molecule has 0 aliphatic carbocycles. The maximum absolute atomic E-state index is 14.7. The van der Waals surface area contributed by atoms with Gasteiger partial charge in [0.15, 0.2) is 5.76 Å². The van der Waals surface area contributed by atoms with E-state index in [1.54, 1.807) is 31.3 Å². The highest BCUT2D eigenvalue weighted by atomic mass is 35.5. The molecule has 11 nitrogen and oxygen atoms in total. The van der Waals surface area contributed by atoms with Gasteiger partial charge < -0.3 is 29.7 Å². The van der Waals surface area contributed by atoms with Gasteiger partial charge in [0.05, 0.1) is 17.1 Å². The molecule has 0 bridgehead atoms. The smallest absolute Gasteiger partial charge is 0.396 e. The van der Waals surface area contributed by atoms with Crippen molar-refractivity contribution in [2.75, 3.05) is 43.9 Å². The van der Waals surface area contributed by atoms with Gasteiger partial charge in [-0.15, -0.1) is 10.2 Å². The molecule has 0 aliphatic heterocycles. The lowest BCUT2D eigenvalue weighted by molar-refractivity contribution is -0.116. The predicted molar refractivity (Wildman–Crippen MR) is 165 cm³/mol. The number of anilines is 3. The number of likely N-dealkylation sites (N-methyl/N-ethyl adjacent to an activating group) is 1. The average Bonchev–Trinajstić information content (AvgIpc) is 3.31. The molecule has 0 saturated carbocycles. The van der Waals surface area contributed by atoms with Crippen molar-refractivity contribution >= 4 is 46.5 Å². The number of hydrogen-bond donors (Lipinski definition) is 3. The molecule has 3 heterocycles. The van der Waals surface area contributed by atoms with Crippen LogP contribution >= 0.6 is 23.4 Å². The van der Waals surface area contributed by atoms with Gasteiger partial charge >= 0.3 is 5.82 Å². The van der Waals surface area contributed by atoms with Gasteiger partial charge in [-0.1, -0.05) is 30.3 Å². The van der Waals surface area contributed by atoms with Crippen LogP contribution in [0.1, 0.15) is 31.3 Å². The number of carbonyl (C=O) groups excluding carboxylic acids is 1. The zero-order chi connectivity index (χ0) is 30.8. The molecule has 0 atom stereocenters. The quantitative estimate of drug-likeness (QED) is 0.144. The van der Waals surface area contributed by atoms with E-state index in [1.165, 1.54) is 30.0 Å². The topological polar surface area (TPSA) is 138 Å². The summed E-state index contributed by atoms with van der Waals surface area (Å²) in [5.41, 5.74) is 1.55. The van der Waals surface area contributed by atoms with Gasteiger partial charge in [-0.25, -0.2) is 14.2 Å². The van der Waals surface area contributed by atoms with Gasteiger partial charge in [-0.2, -0.15) is 0 Å². The number of benzene rings is 1. The van der Waals surface area contributed by atoms with Crippen LogP contribution in [0.15, 0.2) is 61.2 Å². The largest absolute Gasteiger partial charge is 0.519 e. The van der Waals surface area contributed by atoms with E-state index in [9.17, 15) is 14.0 Å². The molecule has 3 aromatic heterocycles. The zero-order valence-electron chi connectivity index (χ0n) is 24.1. The fourth-order valence-corrected chi connectivity index (χ4v) is 5.23. The van der Waals surface area contributed by atoms with Crippen molar-refractivity contribution in [1.82, 2.24) is 25.4 Å². The van der Waals surface area contributed by atoms with Crippen LogP contribution in [0.2, 0.25) is 5.02 Å². The Hall–Kier alpha value is -3.78. The summed E-state index contributed by atoms with van der Waals surface area (Å²) in [6.45, 7) is 7.02. The molecule has 0 unspecified atom stereocenters. The highest BCUT2D eigenvalue weighted by molar-refractivity contribution is 7.98. The monoisotopic (exact) mass is 629 g/mol. The Bertz CT molecular complexity index is 1600. The highest BCUT2D eigenvalue weighted by Gasteiger charge is 2.17.